The van der Waals surface area contributed by atoms with Gasteiger partial charge in [-0.2, -0.15) is 5.21 Å². The Kier molecular flexibility index (Phi) is 4.77. The third-order valence-corrected chi connectivity index (χ3v) is 6.40. The van der Waals surface area contributed by atoms with Crippen molar-refractivity contribution in [2.24, 2.45) is 0 Å². The Morgan fingerprint density at radius 1 is 1.00 bits per heavy atom. The highest BCUT2D eigenvalue weighted by Gasteiger charge is 2.27. The van der Waals surface area contributed by atoms with Crippen molar-refractivity contribution in [3.63, 3.8) is 0 Å². The van der Waals surface area contributed by atoms with Crippen molar-refractivity contribution in [2.75, 3.05) is 7.11 Å². The molecule has 1 aliphatic rings. The lowest BCUT2D eigenvalue weighted by Crippen LogP contribution is -2.09. The van der Waals surface area contributed by atoms with E-state index in [-0.39, 0.29) is 6.10 Å². The number of rotatable bonds is 6. The highest BCUT2D eigenvalue weighted by Crippen LogP contribution is 2.40. The number of benzene rings is 2. The maximum absolute atomic E-state index is 6.00. The number of nitrogens with zero attached hydrogens (tertiary/aromatic N) is 5. The molecular weight excluding hydrogens is 412 g/mol. The van der Waals surface area contributed by atoms with E-state index in [1.54, 1.807) is 7.11 Å². The minimum Gasteiger partial charge on any atom is -0.370 e. The van der Waals surface area contributed by atoms with E-state index in [2.05, 4.69) is 80.6 Å². The second-order valence-corrected chi connectivity index (χ2v) is 8.59. The van der Waals surface area contributed by atoms with E-state index in [9.17, 15) is 0 Å². The van der Waals surface area contributed by atoms with Crippen LogP contribution < -0.4 is 0 Å². The summed E-state index contributed by atoms with van der Waals surface area (Å²) in [5.74, 6) is 1.19. The van der Waals surface area contributed by atoms with Gasteiger partial charge in [-0.15, -0.1) is 10.2 Å². The topological polar surface area (TPSA) is 81.0 Å². The van der Waals surface area contributed by atoms with Gasteiger partial charge < -0.3 is 9.14 Å². The number of H-pyrrole nitrogens is 1. The molecular formula is C26H24N6O. The van der Waals surface area contributed by atoms with Crippen molar-refractivity contribution in [1.82, 2.24) is 30.0 Å². The van der Waals surface area contributed by atoms with Crippen LogP contribution in [0.15, 0.2) is 66.9 Å². The zero-order valence-electron chi connectivity index (χ0n) is 18.6. The molecule has 1 atom stereocenters. The van der Waals surface area contributed by atoms with Crippen LogP contribution in [0.25, 0.3) is 28.2 Å². The lowest BCUT2D eigenvalue weighted by molar-refractivity contribution is 0.132. The number of nitrogens with one attached hydrogen (secondary N) is 1. The summed E-state index contributed by atoms with van der Waals surface area (Å²) in [5, 5.41) is 14.5. The van der Waals surface area contributed by atoms with Crippen molar-refractivity contribution >= 4 is 5.65 Å². The highest BCUT2D eigenvalue weighted by atomic mass is 16.5. The molecule has 1 saturated carbocycles. The fourth-order valence-electron chi connectivity index (χ4n) is 4.50. The molecule has 0 aliphatic heterocycles. The van der Waals surface area contributed by atoms with Gasteiger partial charge in [0.2, 0.25) is 5.82 Å². The fourth-order valence-corrected chi connectivity index (χ4v) is 4.50. The summed E-state index contributed by atoms with van der Waals surface area (Å²) in [6, 6.07) is 20.9. The average molecular weight is 437 g/mol. The van der Waals surface area contributed by atoms with E-state index in [1.807, 2.05) is 18.2 Å². The number of hydrogen-bond donors (Lipinski definition) is 1. The van der Waals surface area contributed by atoms with Gasteiger partial charge in [-0.05, 0) is 53.3 Å². The van der Waals surface area contributed by atoms with Gasteiger partial charge in [-0.3, -0.25) is 0 Å². The van der Waals surface area contributed by atoms with Crippen LogP contribution in [0.4, 0.5) is 0 Å². The molecule has 1 fully saturated rings. The number of aromatic nitrogens is 6. The number of pyridine rings is 1. The first kappa shape index (κ1) is 19.8. The lowest BCUT2D eigenvalue weighted by Gasteiger charge is -2.19. The SMILES string of the molecule is COC(c1ccc(-c2ccccc2-c2nn[nH]n2)cc1)c1ccc(C)c2nc(C3CC3)cn12. The van der Waals surface area contributed by atoms with Crippen LogP contribution in [0.3, 0.4) is 0 Å². The van der Waals surface area contributed by atoms with E-state index in [0.717, 1.165) is 33.6 Å². The fraction of sp³-hybridized carbons (Fsp3) is 0.231. The minimum atomic E-state index is -0.198. The molecule has 6 rings (SSSR count). The van der Waals surface area contributed by atoms with Crippen LogP contribution in [0, 0.1) is 6.92 Å². The van der Waals surface area contributed by atoms with E-state index < -0.39 is 0 Å². The number of methoxy groups -OCH3 is 1. The zero-order valence-corrected chi connectivity index (χ0v) is 18.6. The highest BCUT2D eigenvalue weighted by molar-refractivity contribution is 5.80. The Hall–Kier alpha value is -3.84. The van der Waals surface area contributed by atoms with Crippen molar-refractivity contribution in [2.45, 2.75) is 31.8 Å². The molecule has 0 amide bonds. The van der Waals surface area contributed by atoms with Gasteiger partial charge in [0.15, 0.2) is 0 Å². The van der Waals surface area contributed by atoms with Crippen molar-refractivity contribution < 1.29 is 4.74 Å². The number of tetrazole rings is 1. The monoisotopic (exact) mass is 436 g/mol. The first-order valence-corrected chi connectivity index (χ1v) is 11.2. The molecule has 0 radical (unpaired) electrons. The van der Waals surface area contributed by atoms with E-state index in [4.69, 9.17) is 9.72 Å². The summed E-state index contributed by atoms with van der Waals surface area (Å²) in [7, 11) is 1.76. The van der Waals surface area contributed by atoms with Crippen LogP contribution in [-0.4, -0.2) is 37.1 Å². The maximum atomic E-state index is 6.00. The zero-order chi connectivity index (χ0) is 22.4. The number of fused-ring (bicyclic) bond motifs is 1. The number of ether oxygens (including phenoxy) is 1. The predicted octanol–water partition coefficient (Wildman–Crippen LogP) is 5.10. The molecule has 0 bridgehead atoms. The number of aryl methyl sites for hydroxylation is 1. The van der Waals surface area contributed by atoms with Crippen LogP contribution >= 0.6 is 0 Å². The molecule has 33 heavy (non-hydrogen) atoms. The Labute approximate surface area is 191 Å². The first-order chi connectivity index (χ1) is 16.2. The summed E-state index contributed by atoms with van der Waals surface area (Å²) >= 11 is 0. The summed E-state index contributed by atoms with van der Waals surface area (Å²) in [4.78, 5) is 4.92. The van der Waals surface area contributed by atoms with Crippen LogP contribution in [-0.2, 0) is 4.74 Å². The summed E-state index contributed by atoms with van der Waals surface area (Å²) in [6.07, 6.45) is 4.46. The Balaban J connectivity index is 1.38. The average Bonchev–Trinajstić information content (AvgIpc) is 3.36. The largest absolute Gasteiger partial charge is 0.370 e. The van der Waals surface area contributed by atoms with Gasteiger partial charge in [0.25, 0.3) is 0 Å². The van der Waals surface area contributed by atoms with Gasteiger partial charge >= 0.3 is 0 Å². The second-order valence-electron chi connectivity index (χ2n) is 8.59. The summed E-state index contributed by atoms with van der Waals surface area (Å²) in [5.41, 5.74) is 8.63. The van der Waals surface area contributed by atoms with Crippen LogP contribution in [0.1, 0.15) is 47.4 Å². The first-order valence-electron chi connectivity index (χ1n) is 11.2. The molecule has 7 nitrogen and oxygen atoms in total. The van der Waals surface area contributed by atoms with E-state index in [0.29, 0.717) is 11.7 Å². The second kappa shape index (κ2) is 7.94. The molecule has 1 aliphatic carbocycles. The summed E-state index contributed by atoms with van der Waals surface area (Å²) < 4.78 is 8.21. The Morgan fingerprint density at radius 2 is 1.79 bits per heavy atom. The summed E-state index contributed by atoms with van der Waals surface area (Å²) in [6.45, 7) is 2.11. The van der Waals surface area contributed by atoms with Crippen molar-refractivity contribution in [1.29, 1.82) is 0 Å². The molecule has 0 saturated heterocycles. The molecule has 1 unspecified atom stereocenters. The maximum Gasteiger partial charge on any atom is 0.205 e. The van der Waals surface area contributed by atoms with E-state index in [1.165, 1.54) is 24.1 Å². The minimum absolute atomic E-state index is 0.198. The molecule has 7 heteroatoms. The standard InChI is InChI=1S/C26H24N6O/c1-16-7-14-23(32-15-22(18-10-11-18)27-26(16)32)24(33-2)19-12-8-17(9-13-19)20-5-3-4-6-21(20)25-28-30-31-29-25/h3-9,12-15,18,24H,10-11H2,1-2H3,(H,28,29,30,31). The number of aromatic amines is 1. The van der Waals surface area contributed by atoms with E-state index >= 15 is 0 Å². The molecule has 2 aromatic carbocycles. The van der Waals surface area contributed by atoms with Gasteiger partial charge in [-0.1, -0.05) is 54.6 Å². The number of hydrogen-bond acceptors (Lipinski definition) is 5. The molecule has 3 heterocycles. The molecule has 3 aromatic heterocycles. The van der Waals surface area contributed by atoms with Crippen molar-refractivity contribution in [3.05, 3.63) is 89.4 Å². The molecule has 5 aromatic rings. The van der Waals surface area contributed by atoms with Crippen molar-refractivity contribution in [3.8, 4) is 22.5 Å². The van der Waals surface area contributed by atoms with Gasteiger partial charge in [-0.25, -0.2) is 4.98 Å². The van der Waals surface area contributed by atoms with Crippen LogP contribution in [0.5, 0.6) is 0 Å². The normalized spacial score (nSPS) is 14.6. The Bertz CT molecular complexity index is 1420. The molecule has 1 N–H and O–H groups in total. The quantitative estimate of drug-likeness (QED) is 0.400. The molecule has 164 valence electrons. The van der Waals surface area contributed by atoms with Gasteiger partial charge in [0, 0.05) is 24.8 Å². The molecule has 0 spiro atoms. The third-order valence-electron chi connectivity index (χ3n) is 6.40. The predicted molar refractivity (Wildman–Crippen MR) is 126 cm³/mol. The number of imidazole rings is 1. The lowest BCUT2D eigenvalue weighted by atomic mass is 9.96. The Morgan fingerprint density at radius 3 is 2.48 bits per heavy atom. The van der Waals surface area contributed by atoms with Gasteiger partial charge in [0.1, 0.15) is 11.8 Å². The smallest absolute Gasteiger partial charge is 0.205 e. The van der Waals surface area contributed by atoms with Gasteiger partial charge in [0.05, 0.1) is 11.4 Å². The third kappa shape index (κ3) is 3.50. The van der Waals surface area contributed by atoms with Crippen LogP contribution in [0.2, 0.25) is 0 Å².